The summed E-state index contributed by atoms with van der Waals surface area (Å²) in [4.78, 5) is 16.9. The van der Waals surface area contributed by atoms with Crippen molar-refractivity contribution in [2.24, 2.45) is 0 Å². The lowest BCUT2D eigenvalue weighted by atomic mass is 10.1. The molecule has 0 aliphatic rings. The molecule has 4 heteroatoms. The SMILES string of the molecule is O=C(Nc1ccc(-c2ccccc2)cc1)c1ccccc1NCc1ccncc1. The fourth-order valence-corrected chi connectivity index (χ4v) is 3.11. The minimum atomic E-state index is -0.143. The van der Waals surface area contributed by atoms with Crippen molar-refractivity contribution in [1.29, 1.82) is 0 Å². The molecule has 1 heterocycles. The Kier molecular flexibility index (Phi) is 5.63. The highest BCUT2D eigenvalue weighted by atomic mass is 16.1. The summed E-state index contributed by atoms with van der Waals surface area (Å²) in [5.41, 5.74) is 5.53. The van der Waals surface area contributed by atoms with E-state index in [9.17, 15) is 4.79 Å². The first kappa shape index (κ1) is 18.4. The van der Waals surface area contributed by atoms with Crippen LogP contribution < -0.4 is 10.6 Å². The quantitative estimate of drug-likeness (QED) is 0.458. The van der Waals surface area contributed by atoms with Crippen molar-refractivity contribution in [3.63, 3.8) is 0 Å². The molecular formula is C25H21N3O. The van der Waals surface area contributed by atoms with Crippen LogP contribution in [0.1, 0.15) is 15.9 Å². The summed E-state index contributed by atoms with van der Waals surface area (Å²) in [5.74, 6) is -0.143. The van der Waals surface area contributed by atoms with Crippen LogP contribution in [0.4, 0.5) is 11.4 Å². The summed E-state index contributed by atoms with van der Waals surface area (Å²) in [6.07, 6.45) is 3.52. The summed E-state index contributed by atoms with van der Waals surface area (Å²) in [5, 5.41) is 6.32. The molecule has 1 amide bonds. The molecule has 29 heavy (non-hydrogen) atoms. The number of nitrogens with zero attached hydrogens (tertiary/aromatic N) is 1. The van der Waals surface area contributed by atoms with Crippen LogP contribution in [0.3, 0.4) is 0 Å². The number of benzene rings is 3. The maximum absolute atomic E-state index is 12.8. The monoisotopic (exact) mass is 379 g/mol. The van der Waals surface area contributed by atoms with Gasteiger partial charge in [-0.1, -0.05) is 54.6 Å². The number of nitrogens with one attached hydrogen (secondary N) is 2. The van der Waals surface area contributed by atoms with Crippen LogP contribution in [0.25, 0.3) is 11.1 Å². The van der Waals surface area contributed by atoms with E-state index in [1.54, 1.807) is 12.4 Å². The molecule has 0 aliphatic heterocycles. The minimum Gasteiger partial charge on any atom is -0.380 e. The Bertz CT molecular complexity index is 1080. The molecule has 142 valence electrons. The molecule has 0 saturated heterocycles. The van der Waals surface area contributed by atoms with E-state index in [0.717, 1.165) is 28.1 Å². The second-order valence-corrected chi connectivity index (χ2v) is 6.65. The molecular weight excluding hydrogens is 358 g/mol. The van der Waals surface area contributed by atoms with E-state index in [0.29, 0.717) is 12.1 Å². The van der Waals surface area contributed by atoms with Crippen LogP contribution in [0.15, 0.2) is 103 Å². The maximum Gasteiger partial charge on any atom is 0.257 e. The second-order valence-electron chi connectivity index (χ2n) is 6.65. The highest BCUT2D eigenvalue weighted by Gasteiger charge is 2.11. The Morgan fingerprint density at radius 3 is 2.14 bits per heavy atom. The molecule has 0 spiro atoms. The predicted octanol–water partition coefficient (Wildman–Crippen LogP) is 5.61. The number of hydrogen-bond donors (Lipinski definition) is 2. The second kappa shape index (κ2) is 8.85. The van der Waals surface area contributed by atoms with Gasteiger partial charge in [0.25, 0.3) is 5.91 Å². The Morgan fingerprint density at radius 1 is 0.724 bits per heavy atom. The van der Waals surface area contributed by atoms with Gasteiger partial charge in [-0.2, -0.15) is 0 Å². The van der Waals surface area contributed by atoms with E-state index in [4.69, 9.17) is 0 Å². The highest BCUT2D eigenvalue weighted by molar-refractivity contribution is 6.08. The smallest absolute Gasteiger partial charge is 0.257 e. The normalized spacial score (nSPS) is 10.3. The summed E-state index contributed by atoms with van der Waals surface area (Å²) in [6.45, 7) is 0.624. The number of amides is 1. The fraction of sp³-hybridized carbons (Fsp3) is 0.0400. The van der Waals surface area contributed by atoms with Gasteiger partial charge in [-0.05, 0) is 53.1 Å². The lowest BCUT2D eigenvalue weighted by Gasteiger charge is -2.13. The molecule has 0 radical (unpaired) electrons. The molecule has 1 aromatic heterocycles. The van der Waals surface area contributed by atoms with Gasteiger partial charge in [-0.15, -0.1) is 0 Å². The zero-order valence-electron chi connectivity index (χ0n) is 15.9. The summed E-state index contributed by atoms with van der Waals surface area (Å²) < 4.78 is 0. The van der Waals surface area contributed by atoms with Gasteiger partial charge in [0.15, 0.2) is 0 Å². The third kappa shape index (κ3) is 4.68. The van der Waals surface area contributed by atoms with Gasteiger partial charge in [0.2, 0.25) is 0 Å². The lowest BCUT2D eigenvalue weighted by molar-refractivity contribution is 0.102. The number of carbonyl (C=O) groups excluding carboxylic acids is 1. The first-order valence-electron chi connectivity index (χ1n) is 9.48. The van der Waals surface area contributed by atoms with Crippen molar-refractivity contribution in [3.05, 3.63) is 115 Å². The van der Waals surface area contributed by atoms with Gasteiger partial charge in [-0.3, -0.25) is 9.78 Å². The van der Waals surface area contributed by atoms with E-state index in [1.165, 1.54) is 0 Å². The Hall–Kier alpha value is -3.92. The maximum atomic E-state index is 12.8. The molecule has 0 unspecified atom stereocenters. The number of rotatable bonds is 6. The first-order valence-corrected chi connectivity index (χ1v) is 9.48. The van der Waals surface area contributed by atoms with Gasteiger partial charge >= 0.3 is 0 Å². The van der Waals surface area contributed by atoms with E-state index in [1.807, 2.05) is 78.9 Å². The van der Waals surface area contributed by atoms with Gasteiger partial charge in [-0.25, -0.2) is 0 Å². The first-order chi connectivity index (χ1) is 14.3. The third-order valence-electron chi connectivity index (χ3n) is 4.65. The molecule has 0 fully saturated rings. The highest BCUT2D eigenvalue weighted by Crippen LogP contribution is 2.22. The molecule has 0 aliphatic carbocycles. The van der Waals surface area contributed by atoms with E-state index < -0.39 is 0 Å². The van der Waals surface area contributed by atoms with Crippen LogP contribution in [-0.2, 0) is 6.54 Å². The molecule has 4 nitrogen and oxygen atoms in total. The van der Waals surface area contributed by atoms with Crippen molar-refractivity contribution >= 4 is 17.3 Å². The number of carbonyl (C=O) groups is 1. The van der Waals surface area contributed by atoms with Gasteiger partial charge in [0.1, 0.15) is 0 Å². The van der Waals surface area contributed by atoms with Crippen molar-refractivity contribution in [3.8, 4) is 11.1 Å². The summed E-state index contributed by atoms with van der Waals surface area (Å²) >= 11 is 0. The third-order valence-corrected chi connectivity index (χ3v) is 4.65. The van der Waals surface area contributed by atoms with Crippen molar-refractivity contribution in [2.45, 2.75) is 6.54 Å². The van der Waals surface area contributed by atoms with Crippen LogP contribution in [0, 0.1) is 0 Å². The average Bonchev–Trinajstić information content (AvgIpc) is 2.80. The topological polar surface area (TPSA) is 54.0 Å². The van der Waals surface area contributed by atoms with Gasteiger partial charge in [0.05, 0.1) is 5.56 Å². The number of anilines is 2. The standard InChI is InChI=1S/C25H21N3O/c29-25(28-22-12-10-21(11-13-22)20-6-2-1-3-7-20)23-8-4-5-9-24(23)27-18-19-14-16-26-17-15-19/h1-17,27H,18H2,(H,28,29). The Labute approximate surface area is 170 Å². The summed E-state index contributed by atoms with van der Waals surface area (Å²) in [6, 6.07) is 29.4. The fourth-order valence-electron chi connectivity index (χ4n) is 3.11. The Morgan fingerprint density at radius 2 is 1.38 bits per heavy atom. The number of para-hydroxylation sites is 1. The molecule has 0 bridgehead atoms. The van der Waals surface area contributed by atoms with E-state index >= 15 is 0 Å². The predicted molar refractivity (Wildman–Crippen MR) is 118 cm³/mol. The number of pyridine rings is 1. The molecule has 2 N–H and O–H groups in total. The molecule has 3 aromatic carbocycles. The summed E-state index contributed by atoms with van der Waals surface area (Å²) in [7, 11) is 0. The average molecular weight is 379 g/mol. The lowest BCUT2D eigenvalue weighted by Crippen LogP contribution is -2.14. The van der Waals surface area contributed by atoms with Gasteiger partial charge in [0, 0.05) is 30.3 Å². The van der Waals surface area contributed by atoms with Crippen LogP contribution in [-0.4, -0.2) is 10.9 Å². The van der Waals surface area contributed by atoms with Crippen LogP contribution in [0.2, 0.25) is 0 Å². The Balaban J connectivity index is 1.46. The minimum absolute atomic E-state index is 0.143. The van der Waals surface area contributed by atoms with Crippen molar-refractivity contribution in [2.75, 3.05) is 10.6 Å². The molecule has 4 aromatic rings. The van der Waals surface area contributed by atoms with Crippen molar-refractivity contribution in [1.82, 2.24) is 4.98 Å². The molecule has 4 rings (SSSR count). The zero-order valence-corrected chi connectivity index (χ0v) is 15.9. The van der Waals surface area contributed by atoms with Crippen molar-refractivity contribution < 1.29 is 4.79 Å². The number of aromatic nitrogens is 1. The van der Waals surface area contributed by atoms with Crippen LogP contribution >= 0.6 is 0 Å². The van der Waals surface area contributed by atoms with Crippen LogP contribution in [0.5, 0.6) is 0 Å². The zero-order chi connectivity index (χ0) is 19.9. The largest absolute Gasteiger partial charge is 0.380 e. The van der Waals surface area contributed by atoms with E-state index in [-0.39, 0.29) is 5.91 Å². The molecule has 0 saturated carbocycles. The van der Waals surface area contributed by atoms with Gasteiger partial charge < -0.3 is 10.6 Å². The van der Waals surface area contributed by atoms with E-state index in [2.05, 4.69) is 27.8 Å². The molecule has 0 atom stereocenters. The number of hydrogen-bond acceptors (Lipinski definition) is 3.